The van der Waals surface area contributed by atoms with Crippen LogP contribution in [0.25, 0.3) is 6.08 Å². The van der Waals surface area contributed by atoms with Gasteiger partial charge in [0.15, 0.2) is 4.80 Å². The highest BCUT2D eigenvalue weighted by Gasteiger charge is 2.34. The van der Waals surface area contributed by atoms with Crippen molar-refractivity contribution >= 4 is 58.2 Å². The molecular formula is C30H23Cl3N2O4S. The van der Waals surface area contributed by atoms with Gasteiger partial charge in [-0.2, -0.15) is 0 Å². The van der Waals surface area contributed by atoms with Crippen molar-refractivity contribution in [2.75, 3.05) is 6.61 Å². The van der Waals surface area contributed by atoms with Gasteiger partial charge in [-0.15, -0.1) is 0 Å². The van der Waals surface area contributed by atoms with Crippen molar-refractivity contribution in [3.05, 3.63) is 129 Å². The molecule has 0 spiro atoms. The number of thiazole rings is 1. The third-order valence-electron chi connectivity index (χ3n) is 6.28. The molecule has 4 aromatic rings. The fraction of sp³-hybridized carbons (Fsp3) is 0.167. The lowest BCUT2D eigenvalue weighted by Gasteiger charge is -2.25. The third-order valence-corrected chi connectivity index (χ3v) is 8.20. The van der Waals surface area contributed by atoms with E-state index in [9.17, 15) is 9.59 Å². The summed E-state index contributed by atoms with van der Waals surface area (Å²) in [5, 5.41) is 1.51. The van der Waals surface area contributed by atoms with Gasteiger partial charge in [0, 0.05) is 20.6 Å². The maximum absolute atomic E-state index is 13.8. The topological polar surface area (TPSA) is 69.9 Å². The molecule has 0 saturated carbocycles. The zero-order valence-corrected chi connectivity index (χ0v) is 24.6. The van der Waals surface area contributed by atoms with Crippen LogP contribution >= 0.6 is 46.1 Å². The first-order valence-electron chi connectivity index (χ1n) is 12.4. The molecule has 5 rings (SSSR count). The van der Waals surface area contributed by atoms with E-state index in [4.69, 9.17) is 44.3 Å². The molecule has 10 heteroatoms. The summed E-state index contributed by atoms with van der Waals surface area (Å²) in [7, 11) is 0. The van der Waals surface area contributed by atoms with E-state index in [1.165, 1.54) is 15.9 Å². The Labute approximate surface area is 249 Å². The van der Waals surface area contributed by atoms with E-state index in [2.05, 4.69) is 4.99 Å². The van der Waals surface area contributed by atoms with Crippen molar-refractivity contribution < 1.29 is 14.3 Å². The second-order valence-electron chi connectivity index (χ2n) is 8.92. The number of hydrogen-bond donors (Lipinski definition) is 0. The van der Waals surface area contributed by atoms with Crippen molar-refractivity contribution in [1.82, 2.24) is 4.57 Å². The number of carbonyl (C=O) groups is 1. The first kappa shape index (κ1) is 28.2. The molecule has 1 atom stereocenters. The number of aromatic nitrogens is 1. The lowest BCUT2D eigenvalue weighted by molar-refractivity contribution is -0.139. The summed E-state index contributed by atoms with van der Waals surface area (Å²) in [4.78, 5) is 31.9. The smallest absolute Gasteiger partial charge is 0.338 e. The van der Waals surface area contributed by atoms with E-state index in [1.54, 1.807) is 50.3 Å². The standard InChI is InChI=1S/C30H23Cl3N2O4S/c1-3-38-29(37)26-17(2)34-30-35(27(26)22-9-4-5-10-23(22)32)28(36)25(40-30)14-18-7-6-8-21(13-18)39-16-19-11-12-20(31)15-24(19)33/h4-15,27H,3,16H2,1-2H3. The molecule has 0 fully saturated rings. The summed E-state index contributed by atoms with van der Waals surface area (Å²) in [6.07, 6.45) is 1.78. The first-order valence-corrected chi connectivity index (χ1v) is 14.3. The minimum absolute atomic E-state index is 0.192. The summed E-state index contributed by atoms with van der Waals surface area (Å²) in [6, 6.07) is 19.0. The predicted molar refractivity (Wildman–Crippen MR) is 159 cm³/mol. The molecule has 2 heterocycles. The number of rotatable bonds is 7. The molecule has 1 unspecified atom stereocenters. The molecule has 0 saturated heterocycles. The highest BCUT2D eigenvalue weighted by Crippen LogP contribution is 2.34. The maximum Gasteiger partial charge on any atom is 0.338 e. The second-order valence-corrected chi connectivity index (χ2v) is 11.2. The normalized spacial score (nSPS) is 15.0. The zero-order chi connectivity index (χ0) is 28.4. The number of ether oxygens (including phenoxy) is 2. The van der Waals surface area contributed by atoms with Gasteiger partial charge >= 0.3 is 5.97 Å². The van der Waals surface area contributed by atoms with Crippen molar-refractivity contribution in [2.24, 2.45) is 4.99 Å². The minimum Gasteiger partial charge on any atom is -0.489 e. The molecular weight excluding hydrogens is 591 g/mol. The Hall–Kier alpha value is -3.36. The van der Waals surface area contributed by atoms with Gasteiger partial charge in [-0.25, -0.2) is 9.79 Å². The Kier molecular flexibility index (Phi) is 8.47. The largest absolute Gasteiger partial charge is 0.489 e. The van der Waals surface area contributed by atoms with Crippen LogP contribution in [-0.4, -0.2) is 17.1 Å². The summed E-state index contributed by atoms with van der Waals surface area (Å²) >= 11 is 20.1. The summed E-state index contributed by atoms with van der Waals surface area (Å²) in [6.45, 7) is 3.92. The molecule has 1 aliphatic rings. The van der Waals surface area contributed by atoms with Gasteiger partial charge in [0.1, 0.15) is 18.4 Å². The Bertz CT molecular complexity index is 1830. The molecule has 0 radical (unpaired) electrons. The molecule has 204 valence electrons. The molecule has 1 aromatic heterocycles. The van der Waals surface area contributed by atoms with Crippen LogP contribution in [0.4, 0.5) is 0 Å². The number of allylic oxidation sites excluding steroid dienone is 1. The molecule has 0 aliphatic carbocycles. The van der Waals surface area contributed by atoms with Crippen LogP contribution in [0.2, 0.25) is 15.1 Å². The fourth-order valence-corrected chi connectivity index (χ4v) is 6.18. The number of hydrogen-bond acceptors (Lipinski definition) is 6. The fourth-order valence-electron chi connectivity index (χ4n) is 4.43. The van der Waals surface area contributed by atoms with E-state index in [0.29, 0.717) is 41.4 Å². The van der Waals surface area contributed by atoms with Gasteiger partial charge in [-0.05, 0) is 61.4 Å². The second kappa shape index (κ2) is 12.0. The van der Waals surface area contributed by atoms with Crippen molar-refractivity contribution in [3.63, 3.8) is 0 Å². The van der Waals surface area contributed by atoms with E-state index >= 15 is 0 Å². The van der Waals surface area contributed by atoms with Crippen molar-refractivity contribution in [1.29, 1.82) is 0 Å². The molecule has 0 N–H and O–H groups in total. The molecule has 0 bridgehead atoms. The van der Waals surface area contributed by atoms with Gasteiger partial charge < -0.3 is 9.47 Å². The Morgan fingerprint density at radius 3 is 2.60 bits per heavy atom. The van der Waals surface area contributed by atoms with Crippen LogP contribution in [0.1, 0.15) is 36.6 Å². The van der Waals surface area contributed by atoms with Gasteiger partial charge in [0.05, 0.1) is 22.4 Å². The number of carbonyl (C=O) groups excluding carboxylic acids is 1. The van der Waals surface area contributed by atoms with Crippen LogP contribution in [0, 0.1) is 0 Å². The summed E-state index contributed by atoms with van der Waals surface area (Å²) in [5.74, 6) is 0.0792. The molecule has 3 aromatic carbocycles. The lowest BCUT2D eigenvalue weighted by atomic mass is 9.96. The maximum atomic E-state index is 13.8. The number of halogens is 3. The zero-order valence-electron chi connectivity index (χ0n) is 21.5. The highest BCUT2D eigenvalue weighted by atomic mass is 35.5. The van der Waals surface area contributed by atoms with Crippen molar-refractivity contribution in [3.8, 4) is 5.75 Å². The molecule has 1 aliphatic heterocycles. The van der Waals surface area contributed by atoms with Gasteiger partial charge in [-0.1, -0.05) is 82.5 Å². The highest BCUT2D eigenvalue weighted by molar-refractivity contribution is 7.07. The molecule has 40 heavy (non-hydrogen) atoms. The number of fused-ring (bicyclic) bond motifs is 1. The van der Waals surface area contributed by atoms with Gasteiger partial charge in [-0.3, -0.25) is 9.36 Å². The third kappa shape index (κ3) is 5.74. The predicted octanol–water partition coefficient (Wildman–Crippen LogP) is 6.34. The van der Waals surface area contributed by atoms with E-state index in [0.717, 1.165) is 11.1 Å². The minimum atomic E-state index is -0.773. The summed E-state index contributed by atoms with van der Waals surface area (Å²) < 4.78 is 13.2. The SMILES string of the molecule is CCOC(=O)C1=C(C)N=c2sc(=Cc3cccc(OCc4ccc(Cl)cc4Cl)c3)c(=O)n2C1c1ccccc1Cl. The van der Waals surface area contributed by atoms with Crippen LogP contribution in [0.15, 0.2) is 87.8 Å². The average molecular weight is 614 g/mol. The number of benzene rings is 3. The quantitative estimate of drug-likeness (QED) is 0.228. The Balaban J connectivity index is 1.54. The monoisotopic (exact) mass is 612 g/mol. The number of nitrogens with zero attached hydrogens (tertiary/aromatic N) is 2. The van der Waals surface area contributed by atoms with Crippen LogP contribution in [0.5, 0.6) is 5.75 Å². The van der Waals surface area contributed by atoms with Gasteiger partial charge in [0.25, 0.3) is 5.56 Å². The number of esters is 1. The first-order chi connectivity index (χ1) is 19.3. The molecule has 6 nitrogen and oxygen atoms in total. The van der Waals surface area contributed by atoms with Crippen LogP contribution in [-0.2, 0) is 16.1 Å². The summed E-state index contributed by atoms with van der Waals surface area (Å²) in [5.41, 5.74) is 2.66. The van der Waals surface area contributed by atoms with E-state index < -0.39 is 12.0 Å². The Morgan fingerprint density at radius 2 is 1.85 bits per heavy atom. The van der Waals surface area contributed by atoms with E-state index in [-0.39, 0.29) is 24.3 Å². The van der Waals surface area contributed by atoms with Crippen LogP contribution in [0.3, 0.4) is 0 Å². The van der Waals surface area contributed by atoms with Crippen molar-refractivity contribution in [2.45, 2.75) is 26.5 Å². The Morgan fingerprint density at radius 1 is 1.05 bits per heavy atom. The van der Waals surface area contributed by atoms with Gasteiger partial charge in [0.2, 0.25) is 0 Å². The molecule has 0 amide bonds. The average Bonchev–Trinajstić information content (AvgIpc) is 3.22. The lowest BCUT2D eigenvalue weighted by Crippen LogP contribution is -2.40. The van der Waals surface area contributed by atoms with Crippen LogP contribution < -0.4 is 19.6 Å². The van der Waals surface area contributed by atoms with E-state index in [1.807, 2.05) is 36.4 Å².